The van der Waals surface area contributed by atoms with Crippen LogP contribution in [0.2, 0.25) is 10.0 Å². The number of esters is 3. The van der Waals surface area contributed by atoms with Crippen LogP contribution in [0.3, 0.4) is 0 Å². The molecule has 592 valence electrons. The van der Waals surface area contributed by atoms with Gasteiger partial charge < -0.3 is 94.2 Å². The summed E-state index contributed by atoms with van der Waals surface area (Å²) in [4.78, 5) is 46.8. The number of nitrogens with zero attached hydrogens (tertiary/aromatic N) is 8. The van der Waals surface area contributed by atoms with Gasteiger partial charge in [0, 0.05) is 95.8 Å². The number of hydrogen-bond acceptors (Lipinski definition) is 26. The van der Waals surface area contributed by atoms with E-state index in [9.17, 15) is 39.9 Å². The number of nitrogens with two attached hydrogens (primary N) is 2. The third-order valence-electron chi connectivity index (χ3n) is 20.3. The van der Waals surface area contributed by atoms with Crippen LogP contribution in [0.15, 0.2) is 71.1 Å². The third kappa shape index (κ3) is 23.6. The summed E-state index contributed by atoms with van der Waals surface area (Å²) in [5.74, 6) is -3.18. The highest BCUT2D eigenvalue weighted by Crippen LogP contribution is 2.47. The smallest absolute Gasteiger partial charge is 0.342 e. The van der Waals surface area contributed by atoms with Crippen molar-refractivity contribution in [2.45, 2.75) is 264 Å². The minimum Gasteiger partial charge on any atom is -0.491 e. The van der Waals surface area contributed by atoms with Crippen LogP contribution in [-0.2, 0) is 79.8 Å². The van der Waals surface area contributed by atoms with Crippen LogP contribution in [0.4, 0.5) is 0 Å². The number of halogens is 2. The minimum atomic E-state index is -1.62. The molecule has 0 unspecified atom stereocenters. The van der Waals surface area contributed by atoms with Gasteiger partial charge in [-0.2, -0.15) is 0 Å². The zero-order chi connectivity index (χ0) is 77.1. The number of aliphatic hydroxyl groups excluding tert-OH is 5. The van der Waals surface area contributed by atoms with Crippen molar-refractivity contribution in [2.24, 2.45) is 23.3 Å². The van der Waals surface area contributed by atoms with E-state index in [-0.39, 0.29) is 77.2 Å². The second kappa shape index (κ2) is 40.8. The summed E-state index contributed by atoms with van der Waals surface area (Å²) in [5, 5.41) is 75.3. The van der Waals surface area contributed by atoms with Crippen molar-refractivity contribution < 1.29 is 87.3 Å². The molecule has 1 aromatic carbocycles. The molecular formula is C76H116Cl2N10O18. The maximum absolute atomic E-state index is 15.0. The van der Waals surface area contributed by atoms with Crippen LogP contribution in [0, 0.1) is 11.8 Å². The average Bonchev–Trinajstić information content (AvgIpc) is 0.903. The van der Waals surface area contributed by atoms with E-state index in [1.54, 1.807) is 69.1 Å². The SMILES string of the molecule is CCc1c(Cl)c(OCCCn2cc(CCN3CCC(N)CC3)nn2)c(Cl)c(OCCCn2cc(CCN3CCC(N)CC3)nn2)c1C(=O)O[C@@H]1[C@@H](O)[C@@H](OC)[C@@H](OC/C2=C\C=C\C[C@H](O)/C(C)=C/[C@H](CC)[C@@H](O[C@@H]3OC(C)(C)[C@@H](OC(=O)C(C)C)[C@H](O)[C@@H]3O)/C(C)=C/C(C)=C/C[C@@H]([C@@H](C)O)OC2=O)O[C@H]1C. The molecular weight excluding hydrogens is 1410 g/mol. The largest absolute Gasteiger partial charge is 0.491 e. The molecule has 106 heavy (non-hydrogen) atoms. The number of aryl methyl sites for hydroxylation is 2. The number of cyclic esters (lactones) is 1. The van der Waals surface area contributed by atoms with Crippen LogP contribution >= 0.6 is 23.2 Å². The van der Waals surface area contributed by atoms with Crippen LogP contribution in [-0.4, -0.2) is 247 Å². The minimum absolute atomic E-state index is 0.0259. The summed E-state index contributed by atoms with van der Waals surface area (Å²) in [6, 6.07) is 0.496. The number of benzene rings is 1. The quantitative estimate of drug-likeness (QED) is 0.0161. The first kappa shape index (κ1) is 85.8. The molecule has 4 saturated heterocycles. The number of carbonyl (C=O) groups is 3. The number of ether oxygens (including phenoxy) is 10. The zero-order valence-corrected chi connectivity index (χ0v) is 65.2. The van der Waals surface area contributed by atoms with Crippen molar-refractivity contribution in [3.63, 3.8) is 0 Å². The van der Waals surface area contributed by atoms with Gasteiger partial charge in [0.2, 0.25) is 0 Å². The van der Waals surface area contributed by atoms with Crippen molar-refractivity contribution in [1.29, 1.82) is 0 Å². The van der Waals surface area contributed by atoms with Crippen LogP contribution in [0.1, 0.15) is 161 Å². The van der Waals surface area contributed by atoms with Gasteiger partial charge in [-0.3, -0.25) is 14.2 Å². The third-order valence-corrected chi connectivity index (χ3v) is 21.1. The fourth-order valence-corrected chi connectivity index (χ4v) is 14.4. The van der Waals surface area contributed by atoms with Gasteiger partial charge in [0.05, 0.1) is 72.1 Å². The summed E-state index contributed by atoms with van der Waals surface area (Å²) in [5.41, 5.74) is 14.9. The van der Waals surface area contributed by atoms with E-state index in [0.717, 1.165) is 89.2 Å². The summed E-state index contributed by atoms with van der Waals surface area (Å²) in [6.45, 7) is 25.2. The number of rotatable bonds is 29. The molecule has 7 heterocycles. The molecule has 0 bridgehead atoms. The Morgan fingerprint density at radius 3 is 1.92 bits per heavy atom. The van der Waals surface area contributed by atoms with Gasteiger partial charge in [0.25, 0.3) is 0 Å². The van der Waals surface area contributed by atoms with Crippen molar-refractivity contribution in [1.82, 2.24) is 39.8 Å². The van der Waals surface area contributed by atoms with Gasteiger partial charge >= 0.3 is 17.9 Å². The highest BCUT2D eigenvalue weighted by atomic mass is 35.5. The van der Waals surface area contributed by atoms with Crippen molar-refractivity contribution in [3.05, 3.63) is 104 Å². The topological polar surface area (TPSA) is 365 Å². The molecule has 0 aliphatic carbocycles. The van der Waals surface area contributed by atoms with E-state index in [0.29, 0.717) is 54.6 Å². The van der Waals surface area contributed by atoms with Crippen molar-refractivity contribution in [2.75, 3.05) is 66.2 Å². The lowest BCUT2D eigenvalue weighted by molar-refractivity contribution is -0.333. The Bertz CT molecular complexity index is 3490. The second-order valence-corrected chi connectivity index (χ2v) is 30.3. The molecule has 0 saturated carbocycles. The van der Waals surface area contributed by atoms with Crippen molar-refractivity contribution >= 4 is 41.1 Å². The lowest BCUT2D eigenvalue weighted by Crippen LogP contribution is -2.64. The highest BCUT2D eigenvalue weighted by molar-refractivity contribution is 6.39. The molecule has 5 aliphatic heterocycles. The first-order valence-electron chi connectivity index (χ1n) is 37.6. The number of methoxy groups -OCH3 is 1. The number of carbonyl (C=O) groups excluding carboxylic acids is 3. The Morgan fingerprint density at radius 2 is 1.37 bits per heavy atom. The Labute approximate surface area is 633 Å². The molecule has 3 aromatic rings. The summed E-state index contributed by atoms with van der Waals surface area (Å²) in [7, 11) is 1.32. The number of likely N-dealkylation sites (tertiary alicyclic amines) is 2. The maximum atomic E-state index is 15.0. The fraction of sp³-hybridized carbons (Fsp3) is 0.697. The number of piperidine rings is 2. The lowest BCUT2D eigenvalue weighted by Gasteiger charge is -2.47. The number of aromatic nitrogens is 6. The molecule has 0 radical (unpaired) electrons. The van der Waals surface area contributed by atoms with E-state index in [1.807, 2.05) is 52.2 Å². The first-order valence-corrected chi connectivity index (χ1v) is 38.3. The highest BCUT2D eigenvalue weighted by Gasteiger charge is 2.53. The number of aliphatic hydroxyl groups is 5. The maximum Gasteiger partial charge on any atom is 0.342 e. The normalized spacial score (nSPS) is 29.9. The van der Waals surface area contributed by atoms with Gasteiger partial charge in [0.1, 0.15) is 46.7 Å². The Morgan fingerprint density at radius 1 is 0.774 bits per heavy atom. The second-order valence-electron chi connectivity index (χ2n) is 29.5. The van der Waals surface area contributed by atoms with Crippen LogP contribution in [0.25, 0.3) is 0 Å². The van der Waals surface area contributed by atoms with Crippen LogP contribution in [0.5, 0.6) is 11.5 Å². The van der Waals surface area contributed by atoms with E-state index in [1.165, 1.54) is 20.1 Å². The predicted octanol–water partition coefficient (Wildman–Crippen LogP) is 6.88. The number of allylic oxidation sites excluding steroid dienone is 4. The predicted molar refractivity (Wildman–Crippen MR) is 397 cm³/mol. The number of hydrogen-bond donors (Lipinski definition) is 7. The first-order chi connectivity index (χ1) is 50.5. The molecule has 30 heteroatoms. The molecule has 8 rings (SSSR count). The van der Waals surface area contributed by atoms with Gasteiger partial charge in [-0.15, -0.1) is 10.2 Å². The monoisotopic (exact) mass is 1530 g/mol. The summed E-state index contributed by atoms with van der Waals surface area (Å²) >= 11 is 14.5. The molecule has 9 N–H and O–H groups in total. The van der Waals surface area contributed by atoms with Crippen molar-refractivity contribution in [3.8, 4) is 11.5 Å². The standard InChI is InChI=1S/C76H116Cl2N10O18/c1-13-50-40-46(6)57(90)20-16-15-19-51(72(95)102-58(48(8)89)22-21-45(5)39-47(7)65(50)104-74-63(92)62(91)70(76(10,11)106-74)105-71(94)44(3)4)43-100-75-69(97-12)64(93)66(49(9)101-75)103-73(96)59-56(14-2)60(77)68(99-38-18-30-88-42-55(82-84-88)28-36-86-33-25-53(80)26-34-86)61(78)67(59)98-37-17-29-87-41-54(81-83-87)27-35-85-31-23-52(79)24-32-85/h15-16,19,21,39-42,44,48-50,52-53,57-58,62-66,69-70,74-75,89-93H,13-14,17-18,20,22-38,43,79-80H2,1-12H3/b16-15+,45-21+,46-40+,47-39+,51-19+/t48-,49+,50+,57+,58+,62-,63+,64-,65+,66+,69-,70+,74-,75+/m1/s1. The average molecular weight is 1530 g/mol. The molecule has 5 aliphatic rings. The summed E-state index contributed by atoms with van der Waals surface area (Å²) < 4.78 is 65.6. The lowest BCUT2D eigenvalue weighted by atomic mass is 9.88. The molecule has 0 spiro atoms. The van der Waals surface area contributed by atoms with Crippen LogP contribution < -0.4 is 20.9 Å². The fourth-order valence-electron chi connectivity index (χ4n) is 13.7. The Balaban J connectivity index is 0.964. The van der Waals surface area contributed by atoms with E-state index >= 15 is 0 Å². The summed E-state index contributed by atoms with van der Waals surface area (Å²) in [6.07, 6.45) is 4.80. The van der Waals surface area contributed by atoms with E-state index in [2.05, 4.69) is 30.4 Å². The van der Waals surface area contributed by atoms with E-state index in [4.69, 9.17) is 82.0 Å². The van der Waals surface area contributed by atoms with Gasteiger partial charge in [-0.1, -0.05) is 97.3 Å². The van der Waals surface area contributed by atoms with Gasteiger partial charge in [0.15, 0.2) is 36.3 Å². The molecule has 0 amide bonds. The van der Waals surface area contributed by atoms with Gasteiger partial charge in [-0.25, -0.2) is 9.59 Å². The van der Waals surface area contributed by atoms with Gasteiger partial charge in [-0.05, 0) is 142 Å². The molecule has 4 fully saturated rings. The Kier molecular flexibility index (Phi) is 33.0. The van der Waals surface area contributed by atoms with E-state index < -0.39 is 122 Å². The zero-order valence-electron chi connectivity index (χ0n) is 63.7. The molecule has 2 aromatic heterocycles. The Hall–Kier alpha value is -5.77. The molecule has 14 atom stereocenters. The molecule has 28 nitrogen and oxygen atoms in total.